The van der Waals surface area contributed by atoms with Crippen molar-refractivity contribution in [1.29, 1.82) is 0 Å². The van der Waals surface area contributed by atoms with Crippen molar-refractivity contribution in [3.63, 3.8) is 0 Å². The van der Waals surface area contributed by atoms with Gasteiger partial charge in [-0.15, -0.1) is 0 Å². The first kappa shape index (κ1) is 20.9. The SMILES string of the molecule is Cc1cccc(C)c1OCc1ccc(C(=O)O/N=C(\N)c2cccc(N)c2C)cc1. The first-order chi connectivity index (χ1) is 14.4. The lowest BCUT2D eigenvalue weighted by atomic mass is 10.1. The van der Waals surface area contributed by atoms with Gasteiger partial charge in [-0.05, 0) is 61.2 Å². The highest BCUT2D eigenvalue weighted by Crippen LogP contribution is 2.23. The summed E-state index contributed by atoms with van der Waals surface area (Å²) in [7, 11) is 0. The van der Waals surface area contributed by atoms with Crippen LogP contribution in [0.15, 0.2) is 65.8 Å². The lowest BCUT2D eigenvalue weighted by Crippen LogP contribution is -2.17. The average molecular weight is 403 g/mol. The Morgan fingerprint density at radius 3 is 2.23 bits per heavy atom. The van der Waals surface area contributed by atoms with Gasteiger partial charge in [-0.25, -0.2) is 4.79 Å². The standard InChI is InChI=1S/C24H25N3O3/c1-15-6-4-7-16(2)22(15)29-14-18-10-12-19(13-11-18)24(28)30-27-23(26)20-8-5-9-21(25)17(20)3/h4-13H,14,25H2,1-3H3,(H2,26,27). The summed E-state index contributed by atoms with van der Waals surface area (Å²) in [5.41, 5.74) is 17.3. The molecule has 0 aromatic heterocycles. The van der Waals surface area contributed by atoms with E-state index in [0.717, 1.165) is 28.0 Å². The van der Waals surface area contributed by atoms with Gasteiger partial charge in [0.15, 0.2) is 5.84 Å². The summed E-state index contributed by atoms with van der Waals surface area (Å²) in [6.45, 7) is 6.26. The van der Waals surface area contributed by atoms with Crippen LogP contribution in [0.25, 0.3) is 0 Å². The number of ether oxygens (including phenoxy) is 1. The second-order valence-corrected chi connectivity index (χ2v) is 7.08. The largest absolute Gasteiger partial charge is 0.488 e. The predicted molar refractivity (Wildman–Crippen MR) is 118 cm³/mol. The smallest absolute Gasteiger partial charge is 0.365 e. The van der Waals surface area contributed by atoms with Crippen LogP contribution in [0.2, 0.25) is 0 Å². The van der Waals surface area contributed by atoms with Crippen LogP contribution in [-0.2, 0) is 11.4 Å². The van der Waals surface area contributed by atoms with Crippen molar-refractivity contribution < 1.29 is 14.4 Å². The molecule has 3 aromatic rings. The van der Waals surface area contributed by atoms with Gasteiger partial charge < -0.3 is 21.0 Å². The molecule has 6 nitrogen and oxygen atoms in total. The number of oxime groups is 1. The van der Waals surface area contributed by atoms with E-state index < -0.39 is 5.97 Å². The Kier molecular flexibility index (Phi) is 6.37. The Bertz CT molecular complexity index is 1070. The molecule has 3 rings (SSSR count). The van der Waals surface area contributed by atoms with Crippen molar-refractivity contribution in [2.24, 2.45) is 10.9 Å². The fourth-order valence-corrected chi connectivity index (χ4v) is 3.04. The maximum atomic E-state index is 12.3. The molecule has 0 amide bonds. The molecule has 3 aromatic carbocycles. The second-order valence-electron chi connectivity index (χ2n) is 7.08. The molecule has 30 heavy (non-hydrogen) atoms. The number of hydrogen-bond acceptors (Lipinski definition) is 5. The highest BCUT2D eigenvalue weighted by molar-refractivity contribution is 6.00. The van der Waals surface area contributed by atoms with Crippen LogP contribution in [0.3, 0.4) is 0 Å². The van der Waals surface area contributed by atoms with Gasteiger partial charge in [0.05, 0.1) is 5.56 Å². The third-order valence-electron chi connectivity index (χ3n) is 4.86. The number of para-hydroxylation sites is 1. The third-order valence-corrected chi connectivity index (χ3v) is 4.86. The zero-order chi connectivity index (χ0) is 21.7. The topological polar surface area (TPSA) is 99.9 Å². The van der Waals surface area contributed by atoms with Crippen LogP contribution < -0.4 is 16.2 Å². The number of amidine groups is 1. The van der Waals surface area contributed by atoms with E-state index in [2.05, 4.69) is 5.16 Å². The van der Waals surface area contributed by atoms with E-state index in [0.29, 0.717) is 23.4 Å². The van der Waals surface area contributed by atoms with Crippen LogP contribution in [0, 0.1) is 20.8 Å². The summed E-state index contributed by atoms with van der Waals surface area (Å²) >= 11 is 0. The van der Waals surface area contributed by atoms with Crippen LogP contribution in [0.1, 0.15) is 38.2 Å². The summed E-state index contributed by atoms with van der Waals surface area (Å²) in [5.74, 6) is 0.371. The van der Waals surface area contributed by atoms with Gasteiger partial charge in [0, 0.05) is 11.3 Å². The Balaban J connectivity index is 1.63. The highest BCUT2D eigenvalue weighted by Gasteiger charge is 2.11. The number of nitrogens with zero attached hydrogens (tertiary/aromatic N) is 1. The number of nitrogen functional groups attached to an aromatic ring is 1. The molecule has 0 aliphatic rings. The number of benzene rings is 3. The zero-order valence-electron chi connectivity index (χ0n) is 17.3. The zero-order valence-corrected chi connectivity index (χ0v) is 17.3. The van der Waals surface area contributed by atoms with Gasteiger partial charge in [-0.3, -0.25) is 0 Å². The predicted octanol–water partition coefficient (Wildman–Crippen LogP) is 4.25. The summed E-state index contributed by atoms with van der Waals surface area (Å²) in [5, 5.41) is 3.76. The van der Waals surface area contributed by atoms with Crippen LogP contribution in [0.4, 0.5) is 5.69 Å². The molecule has 154 valence electrons. The van der Waals surface area contributed by atoms with Crippen molar-refractivity contribution in [1.82, 2.24) is 0 Å². The minimum atomic E-state index is -0.596. The van der Waals surface area contributed by atoms with E-state index in [1.807, 2.05) is 51.1 Å². The second kappa shape index (κ2) is 9.13. The fraction of sp³-hybridized carbons (Fsp3) is 0.167. The van der Waals surface area contributed by atoms with Crippen molar-refractivity contribution in [2.45, 2.75) is 27.4 Å². The quantitative estimate of drug-likeness (QED) is 0.211. The average Bonchev–Trinajstić information content (AvgIpc) is 2.74. The minimum Gasteiger partial charge on any atom is -0.488 e. The van der Waals surface area contributed by atoms with Crippen molar-refractivity contribution in [2.75, 3.05) is 5.73 Å². The van der Waals surface area contributed by atoms with Gasteiger partial charge in [0.25, 0.3) is 0 Å². The molecule has 0 bridgehead atoms. The maximum Gasteiger partial charge on any atom is 0.365 e. The Morgan fingerprint density at radius 2 is 1.57 bits per heavy atom. The van der Waals surface area contributed by atoms with E-state index in [4.69, 9.17) is 21.0 Å². The molecule has 0 heterocycles. The van der Waals surface area contributed by atoms with Crippen molar-refractivity contribution >= 4 is 17.5 Å². The van der Waals surface area contributed by atoms with Crippen molar-refractivity contribution in [3.05, 3.63) is 94.0 Å². The molecule has 4 N–H and O–H groups in total. The fourth-order valence-electron chi connectivity index (χ4n) is 3.04. The third kappa shape index (κ3) is 4.78. The first-order valence-electron chi connectivity index (χ1n) is 9.55. The molecule has 0 fully saturated rings. The maximum absolute atomic E-state index is 12.3. The molecule has 0 spiro atoms. The number of carbonyl (C=O) groups excluding carboxylic acids is 1. The van der Waals surface area contributed by atoms with Gasteiger partial charge in [-0.2, -0.15) is 0 Å². The van der Waals surface area contributed by atoms with E-state index >= 15 is 0 Å². The number of rotatable bonds is 6. The van der Waals surface area contributed by atoms with Gasteiger partial charge in [0.2, 0.25) is 0 Å². The van der Waals surface area contributed by atoms with Gasteiger partial charge in [-0.1, -0.05) is 47.6 Å². The Labute approximate surface area is 176 Å². The van der Waals surface area contributed by atoms with E-state index in [-0.39, 0.29) is 5.84 Å². The molecule has 0 unspecified atom stereocenters. The summed E-state index contributed by atoms with van der Waals surface area (Å²) in [6.07, 6.45) is 0. The Hall–Kier alpha value is -3.80. The molecule has 0 saturated carbocycles. The highest BCUT2D eigenvalue weighted by atomic mass is 16.7. The van der Waals surface area contributed by atoms with E-state index in [1.165, 1.54) is 0 Å². The molecular formula is C24H25N3O3. The molecule has 0 saturated heterocycles. The molecular weight excluding hydrogens is 378 g/mol. The number of aryl methyl sites for hydroxylation is 2. The lowest BCUT2D eigenvalue weighted by Gasteiger charge is -2.12. The van der Waals surface area contributed by atoms with E-state index in [9.17, 15) is 4.79 Å². The number of carbonyl (C=O) groups is 1. The van der Waals surface area contributed by atoms with Crippen LogP contribution in [-0.4, -0.2) is 11.8 Å². The van der Waals surface area contributed by atoms with E-state index in [1.54, 1.807) is 30.3 Å². The molecule has 0 atom stereocenters. The van der Waals surface area contributed by atoms with Gasteiger partial charge >= 0.3 is 5.97 Å². The molecule has 0 aliphatic carbocycles. The summed E-state index contributed by atoms with van der Waals surface area (Å²) < 4.78 is 5.94. The number of anilines is 1. The summed E-state index contributed by atoms with van der Waals surface area (Å²) in [4.78, 5) is 17.3. The summed E-state index contributed by atoms with van der Waals surface area (Å²) in [6, 6.07) is 18.3. The number of nitrogens with two attached hydrogens (primary N) is 2. The van der Waals surface area contributed by atoms with Gasteiger partial charge in [0.1, 0.15) is 12.4 Å². The lowest BCUT2D eigenvalue weighted by molar-refractivity contribution is 0.0516. The molecule has 0 aliphatic heterocycles. The van der Waals surface area contributed by atoms with Crippen LogP contribution in [0.5, 0.6) is 5.75 Å². The Morgan fingerprint density at radius 1 is 0.933 bits per heavy atom. The molecule has 6 heteroatoms. The monoisotopic (exact) mass is 403 g/mol. The van der Waals surface area contributed by atoms with Crippen LogP contribution >= 0.6 is 0 Å². The normalized spacial score (nSPS) is 11.2. The number of hydrogen-bond donors (Lipinski definition) is 2. The molecule has 0 radical (unpaired) electrons. The van der Waals surface area contributed by atoms with Crippen molar-refractivity contribution in [3.8, 4) is 5.75 Å². The minimum absolute atomic E-state index is 0.0896. The first-order valence-corrected chi connectivity index (χ1v) is 9.55.